The average Bonchev–Trinajstić information content (AvgIpc) is 3.44. The number of aliphatic carboxylic acids is 1. The summed E-state index contributed by atoms with van der Waals surface area (Å²) in [6.45, 7) is 2.39. The van der Waals surface area contributed by atoms with E-state index in [1.807, 2.05) is 91.9 Å². The molecule has 196 valence electrons. The minimum atomic E-state index is -0.747. The van der Waals surface area contributed by atoms with Crippen molar-refractivity contribution in [2.24, 2.45) is 11.1 Å². The van der Waals surface area contributed by atoms with Crippen LogP contribution in [0, 0.1) is 5.92 Å². The summed E-state index contributed by atoms with van der Waals surface area (Å²) in [4.78, 5) is 21.4. The zero-order valence-electron chi connectivity index (χ0n) is 21.3. The summed E-state index contributed by atoms with van der Waals surface area (Å²) in [5.74, 6) is 0.521. The van der Waals surface area contributed by atoms with Gasteiger partial charge in [0.25, 0.3) is 5.89 Å². The van der Waals surface area contributed by atoms with E-state index in [4.69, 9.17) is 14.1 Å². The fourth-order valence-electron chi connectivity index (χ4n) is 3.92. The second-order valence-electron chi connectivity index (χ2n) is 8.83. The van der Waals surface area contributed by atoms with Crippen LogP contribution in [-0.4, -0.2) is 26.9 Å². The lowest BCUT2D eigenvalue weighted by Crippen LogP contribution is -2.13. The van der Waals surface area contributed by atoms with Crippen LogP contribution in [0.2, 0.25) is 0 Å². The van der Waals surface area contributed by atoms with Crippen molar-refractivity contribution in [3.05, 3.63) is 102 Å². The molecule has 0 aliphatic rings. The third-order valence-corrected chi connectivity index (χ3v) is 6.10. The van der Waals surface area contributed by atoms with E-state index in [9.17, 15) is 9.90 Å². The zero-order valence-corrected chi connectivity index (χ0v) is 21.3. The predicted molar refractivity (Wildman–Crippen MR) is 144 cm³/mol. The Morgan fingerprint density at radius 2 is 1.68 bits per heavy atom. The largest absolute Gasteiger partial charge is 0.485 e. The maximum atomic E-state index is 11.3. The smallest absolute Gasteiger partial charge is 0.306 e. The van der Waals surface area contributed by atoms with Gasteiger partial charge in [0, 0.05) is 5.56 Å². The summed E-state index contributed by atoms with van der Waals surface area (Å²) in [5, 5.41) is 17.7. The Balaban J connectivity index is 1.29. The number of carbonyl (C=O) groups is 1. The number of nitrogens with zero attached hydrogens (tertiary/aromatic N) is 3. The van der Waals surface area contributed by atoms with E-state index in [0.29, 0.717) is 43.3 Å². The lowest BCUT2D eigenvalue weighted by atomic mass is 9.97. The molecule has 8 heteroatoms. The van der Waals surface area contributed by atoms with Gasteiger partial charge in [0.2, 0.25) is 5.82 Å². The van der Waals surface area contributed by atoms with Crippen molar-refractivity contribution in [3.8, 4) is 17.2 Å². The Hall–Kier alpha value is -4.46. The first-order valence-corrected chi connectivity index (χ1v) is 12.7. The molecular weight excluding hydrogens is 482 g/mol. The molecule has 4 aromatic rings. The van der Waals surface area contributed by atoms with Gasteiger partial charge in [0.1, 0.15) is 12.4 Å². The number of benzene rings is 3. The van der Waals surface area contributed by atoms with Crippen molar-refractivity contribution in [1.29, 1.82) is 0 Å². The van der Waals surface area contributed by atoms with Crippen LogP contribution in [-0.2, 0) is 22.8 Å². The van der Waals surface area contributed by atoms with E-state index >= 15 is 0 Å². The summed E-state index contributed by atoms with van der Waals surface area (Å²) in [6.07, 6.45) is 2.59. The van der Waals surface area contributed by atoms with Crippen molar-refractivity contribution >= 4 is 11.7 Å². The monoisotopic (exact) mass is 513 g/mol. The number of carboxylic acids is 1. The van der Waals surface area contributed by atoms with Crippen LogP contribution < -0.4 is 4.74 Å². The first-order chi connectivity index (χ1) is 18.6. The third kappa shape index (κ3) is 7.77. The fraction of sp³-hybridized carbons (Fsp3) is 0.267. The molecule has 1 atom stereocenters. The highest BCUT2D eigenvalue weighted by Gasteiger charge is 2.15. The Kier molecular flexibility index (Phi) is 9.62. The average molecular weight is 514 g/mol. The summed E-state index contributed by atoms with van der Waals surface area (Å²) in [7, 11) is 0. The van der Waals surface area contributed by atoms with Crippen LogP contribution in [0.1, 0.15) is 49.6 Å². The van der Waals surface area contributed by atoms with Gasteiger partial charge in [0.05, 0.1) is 11.6 Å². The standard InChI is InChI=1S/C30H31N3O5/c1-2-23(30(34)35)14-9-15-27(24-10-5-3-6-11-24)32-37-20-22-16-18-26(19-17-22)36-21-28-31-29(38-33-28)25-12-7-4-8-13-25/h3-8,10-13,16-19,23H,2,9,14-15,20-21H2,1H3,(H,34,35). The lowest BCUT2D eigenvalue weighted by molar-refractivity contribution is -0.142. The molecule has 0 bridgehead atoms. The van der Waals surface area contributed by atoms with Gasteiger partial charge >= 0.3 is 5.97 Å². The Labute approximate surface area is 221 Å². The fourth-order valence-corrected chi connectivity index (χ4v) is 3.92. The van der Waals surface area contributed by atoms with Gasteiger partial charge in [-0.05, 0) is 61.1 Å². The molecule has 38 heavy (non-hydrogen) atoms. The normalized spacial score (nSPS) is 12.2. The summed E-state index contributed by atoms with van der Waals surface area (Å²) in [6, 6.07) is 26.9. The minimum Gasteiger partial charge on any atom is -0.485 e. The summed E-state index contributed by atoms with van der Waals surface area (Å²) >= 11 is 0. The molecule has 0 aliphatic carbocycles. The molecule has 0 spiro atoms. The number of aromatic nitrogens is 2. The van der Waals surface area contributed by atoms with Gasteiger partial charge in [-0.1, -0.05) is 77.9 Å². The summed E-state index contributed by atoms with van der Waals surface area (Å²) < 4.78 is 11.1. The van der Waals surface area contributed by atoms with Crippen molar-refractivity contribution in [2.75, 3.05) is 0 Å². The SMILES string of the molecule is CCC(CCCC(=NOCc1ccc(OCc2noc(-c3ccccc3)n2)cc1)c1ccccc1)C(=O)O. The highest BCUT2D eigenvalue weighted by molar-refractivity contribution is 6.00. The van der Waals surface area contributed by atoms with Crippen LogP contribution in [0.4, 0.5) is 0 Å². The number of ether oxygens (including phenoxy) is 1. The van der Waals surface area contributed by atoms with E-state index in [1.165, 1.54) is 0 Å². The number of hydrogen-bond donors (Lipinski definition) is 1. The molecule has 1 heterocycles. The van der Waals surface area contributed by atoms with E-state index in [0.717, 1.165) is 28.8 Å². The summed E-state index contributed by atoms with van der Waals surface area (Å²) in [5.41, 5.74) is 3.58. The topological polar surface area (TPSA) is 107 Å². The molecule has 0 fully saturated rings. The highest BCUT2D eigenvalue weighted by Crippen LogP contribution is 2.19. The van der Waals surface area contributed by atoms with Gasteiger partial charge in [0.15, 0.2) is 6.61 Å². The minimum absolute atomic E-state index is 0.192. The second kappa shape index (κ2) is 13.7. The molecule has 0 aliphatic heterocycles. The van der Waals surface area contributed by atoms with E-state index < -0.39 is 5.97 Å². The number of rotatable bonds is 14. The number of oxime groups is 1. The first-order valence-electron chi connectivity index (χ1n) is 12.7. The molecule has 0 saturated heterocycles. The number of hydrogen-bond acceptors (Lipinski definition) is 7. The molecule has 1 unspecified atom stereocenters. The van der Waals surface area contributed by atoms with Crippen molar-refractivity contribution in [1.82, 2.24) is 10.1 Å². The predicted octanol–water partition coefficient (Wildman–Crippen LogP) is 6.52. The van der Waals surface area contributed by atoms with E-state index in [2.05, 4.69) is 15.3 Å². The Bertz CT molecular complexity index is 1300. The molecule has 4 rings (SSSR count). The Morgan fingerprint density at radius 1 is 0.974 bits per heavy atom. The number of carboxylic acid groups (broad SMARTS) is 1. The lowest BCUT2D eigenvalue weighted by Gasteiger charge is -2.11. The third-order valence-electron chi connectivity index (χ3n) is 6.10. The zero-order chi connectivity index (χ0) is 26.6. The van der Waals surface area contributed by atoms with Crippen LogP contribution in [0.3, 0.4) is 0 Å². The molecule has 1 N–H and O–H groups in total. The van der Waals surface area contributed by atoms with Crippen LogP contribution in [0.25, 0.3) is 11.5 Å². The quantitative estimate of drug-likeness (QED) is 0.151. The van der Waals surface area contributed by atoms with Crippen molar-refractivity contribution < 1.29 is 24.0 Å². The van der Waals surface area contributed by atoms with Crippen LogP contribution in [0.5, 0.6) is 5.75 Å². The molecule has 0 amide bonds. The van der Waals surface area contributed by atoms with Gasteiger partial charge < -0.3 is 19.2 Å². The highest BCUT2D eigenvalue weighted by atomic mass is 16.6. The van der Waals surface area contributed by atoms with Crippen LogP contribution in [0.15, 0.2) is 94.6 Å². The van der Waals surface area contributed by atoms with Gasteiger partial charge in [-0.2, -0.15) is 4.98 Å². The maximum Gasteiger partial charge on any atom is 0.306 e. The molecule has 3 aromatic carbocycles. The van der Waals surface area contributed by atoms with E-state index in [-0.39, 0.29) is 12.5 Å². The van der Waals surface area contributed by atoms with Crippen molar-refractivity contribution in [3.63, 3.8) is 0 Å². The second-order valence-corrected chi connectivity index (χ2v) is 8.83. The molecular formula is C30H31N3O5. The Morgan fingerprint density at radius 3 is 2.37 bits per heavy atom. The molecule has 0 saturated carbocycles. The first kappa shape index (κ1) is 26.6. The van der Waals surface area contributed by atoms with Gasteiger partial charge in [-0.25, -0.2) is 0 Å². The van der Waals surface area contributed by atoms with Gasteiger partial charge in [-0.3, -0.25) is 4.79 Å². The molecule has 0 radical (unpaired) electrons. The molecule has 8 nitrogen and oxygen atoms in total. The maximum absolute atomic E-state index is 11.3. The van der Waals surface area contributed by atoms with Crippen LogP contribution >= 0.6 is 0 Å². The van der Waals surface area contributed by atoms with E-state index in [1.54, 1.807) is 0 Å². The van der Waals surface area contributed by atoms with Gasteiger partial charge in [-0.15, -0.1) is 0 Å². The molecule has 1 aromatic heterocycles. The van der Waals surface area contributed by atoms with Crippen molar-refractivity contribution in [2.45, 2.75) is 45.8 Å².